The van der Waals surface area contributed by atoms with E-state index >= 15 is 0 Å². The summed E-state index contributed by atoms with van der Waals surface area (Å²) in [5.74, 6) is -0.901. The second-order valence-electron chi connectivity index (χ2n) is 7.43. The van der Waals surface area contributed by atoms with E-state index in [2.05, 4.69) is 37.2 Å². The van der Waals surface area contributed by atoms with Gasteiger partial charge < -0.3 is 5.32 Å². The number of carbonyl (C=O) groups excluding carboxylic acids is 3. The van der Waals surface area contributed by atoms with Gasteiger partial charge >= 0.3 is 0 Å². The van der Waals surface area contributed by atoms with Crippen molar-refractivity contribution in [2.24, 2.45) is 23.7 Å². The number of imide groups is 1. The van der Waals surface area contributed by atoms with Crippen molar-refractivity contribution in [2.45, 2.75) is 35.6 Å². The van der Waals surface area contributed by atoms with Gasteiger partial charge in [0.05, 0.1) is 11.8 Å². The molecule has 2 bridgehead atoms. The molecular formula is C19H20Br2N2O3. The van der Waals surface area contributed by atoms with Crippen LogP contribution in [-0.4, -0.2) is 38.3 Å². The highest BCUT2D eigenvalue weighted by Crippen LogP contribution is 2.60. The lowest BCUT2D eigenvalue weighted by molar-refractivity contribution is -0.148. The Kier molecular flexibility index (Phi) is 4.72. The fraction of sp³-hybridized carbons (Fsp3) is 0.526. The highest BCUT2D eigenvalue weighted by atomic mass is 79.9. The lowest BCUT2D eigenvalue weighted by Crippen LogP contribution is -2.48. The van der Waals surface area contributed by atoms with Crippen LogP contribution in [0.1, 0.15) is 18.9 Å². The molecular weight excluding hydrogens is 464 g/mol. The number of benzene rings is 1. The number of alkyl halides is 2. The summed E-state index contributed by atoms with van der Waals surface area (Å²) < 4.78 is 0. The van der Waals surface area contributed by atoms with Gasteiger partial charge in [-0.25, -0.2) is 0 Å². The van der Waals surface area contributed by atoms with E-state index in [-0.39, 0.29) is 51.0 Å². The van der Waals surface area contributed by atoms with Crippen LogP contribution in [0, 0.1) is 23.7 Å². The quantitative estimate of drug-likeness (QED) is 0.528. The summed E-state index contributed by atoms with van der Waals surface area (Å²) in [7, 11) is 0. The first-order valence-corrected chi connectivity index (χ1v) is 10.7. The Labute approximate surface area is 169 Å². The molecule has 7 heteroatoms. The van der Waals surface area contributed by atoms with Gasteiger partial charge in [0.2, 0.25) is 17.7 Å². The van der Waals surface area contributed by atoms with Crippen LogP contribution in [0.5, 0.6) is 0 Å². The summed E-state index contributed by atoms with van der Waals surface area (Å²) in [5, 5.41) is 2.83. The Morgan fingerprint density at radius 1 is 1.12 bits per heavy atom. The summed E-state index contributed by atoms with van der Waals surface area (Å²) in [6, 6.07) is 8.78. The number of nitrogens with zero attached hydrogens (tertiary/aromatic N) is 1. The van der Waals surface area contributed by atoms with Crippen molar-refractivity contribution in [3.63, 3.8) is 0 Å². The molecule has 1 saturated heterocycles. The molecule has 1 heterocycles. The topological polar surface area (TPSA) is 66.5 Å². The van der Waals surface area contributed by atoms with Crippen LogP contribution in [0.4, 0.5) is 0 Å². The van der Waals surface area contributed by atoms with E-state index in [4.69, 9.17) is 0 Å². The highest BCUT2D eigenvalue weighted by Gasteiger charge is 2.67. The predicted octanol–water partition coefficient (Wildman–Crippen LogP) is 2.47. The minimum absolute atomic E-state index is 0.162. The van der Waals surface area contributed by atoms with E-state index in [0.717, 1.165) is 12.0 Å². The summed E-state index contributed by atoms with van der Waals surface area (Å²) in [6.45, 7) is 2.02. The zero-order valence-corrected chi connectivity index (χ0v) is 17.4. The summed E-state index contributed by atoms with van der Waals surface area (Å²) in [5.41, 5.74) is 0.978. The van der Waals surface area contributed by atoms with E-state index in [1.165, 1.54) is 4.90 Å². The zero-order chi connectivity index (χ0) is 18.6. The number of nitrogens with one attached hydrogen (secondary N) is 1. The summed E-state index contributed by atoms with van der Waals surface area (Å²) in [6.07, 6.45) is 0.890. The Balaban J connectivity index is 1.47. The number of likely N-dealkylation sites (tertiary alicyclic amines) is 1. The average molecular weight is 484 g/mol. The number of halogens is 2. The van der Waals surface area contributed by atoms with E-state index < -0.39 is 6.04 Å². The van der Waals surface area contributed by atoms with Gasteiger partial charge in [-0.05, 0) is 30.7 Å². The molecule has 3 aliphatic rings. The van der Waals surface area contributed by atoms with Crippen LogP contribution in [-0.2, 0) is 20.9 Å². The fourth-order valence-corrected chi connectivity index (χ4v) is 6.68. The van der Waals surface area contributed by atoms with Crippen molar-refractivity contribution in [2.75, 3.05) is 0 Å². The Morgan fingerprint density at radius 2 is 1.65 bits per heavy atom. The second kappa shape index (κ2) is 6.75. The zero-order valence-electron chi connectivity index (χ0n) is 14.3. The molecule has 5 nitrogen and oxygen atoms in total. The fourth-order valence-electron chi connectivity index (χ4n) is 4.80. The molecule has 0 aromatic heterocycles. The van der Waals surface area contributed by atoms with Crippen molar-refractivity contribution in [1.82, 2.24) is 10.2 Å². The number of carbonyl (C=O) groups is 3. The molecule has 0 radical (unpaired) electrons. The lowest BCUT2D eigenvalue weighted by atomic mass is 9.81. The molecule has 2 aliphatic carbocycles. The van der Waals surface area contributed by atoms with Crippen molar-refractivity contribution in [3.05, 3.63) is 35.9 Å². The van der Waals surface area contributed by atoms with Crippen molar-refractivity contribution in [3.8, 4) is 0 Å². The Bertz CT molecular complexity index is 724. The van der Waals surface area contributed by atoms with Gasteiger partial charge in [-0.1, -0.05) is 62.2 Å². The molecule has 7 atom stereocenters. The third kappa shape index (κ3) is 2.66. The molecule has 1 N–H and O–H groups in total. The SMILES string of the molecule is C[C@H](C(=O)NCc1ccccc1)N1C(=O)[C@H]2[C@@H]3C[C@H]([C@@H](Br)[C@H]3Br)[C@@H]2C1=O. The largest absolute Gasteiger partial charge is 0.350 e. The molecule has 3 amide bonds. The Hall–Kier alpha value is -1.21. The number of rotatable bonds is 4. The van der Waals surface area contributed by atoms with Crippen LogP contribution in [0.2, 0.25) is 0 Å². The van der Waals surface area contributed by atoms with Gasteiger partial charge in [0.1, 0.15) is 6.04 Å². The molecule has 1 aliphatic heterocycles. The van der Waals surface area contributed by atoms with Crippen LogP contribution >= 0.6 is 31.9 Å². The molecule has 0 spiro atoms. The number of fused-ring (bicyclic) bond motifs is 5. The van der Waals surface area contributed by atoms with E-state index in [0.29, 0.717) is 6.54 Å². The van der Waals surface area contributed by atoms with E-state index in [9.17, 15) is 14.4 Å². The van der Waals surface area contributed by atoms with Crippen LogP contribution in [0.25, 0.3) is 0 Å². The number of amides is 3. The first-order chi connectivity index (χ1) is 12.4. The van der Waals surface area contributed by atoms with E-state index in [1.54, 1.807) is 6.92 Å². The minimum Gasteiger partial charge on any atom is -0.350 e. The summed E-state index contributed by atoms with van der Waals surface area (Å²) >= 11 is 7.35. The van der Waals surface area contributed by atoms with Crippen LogP contribution in [0.15, 0.2) is 30.3 Å². The van der Waals surface area contributed by atoms with Gasteiger partial charge in [0, 0.05) is 16.2 Å². The number of hydrogen-bond donors (Lipinski definition) is 1. The van der Waals surface area contributed by atoms with Gasteiger partial charge in [0.15, 0.2) is 0 Å². The highest BCUT2D eigenvalue weighted by molar-refractivity contribution is 9.12. The molecule has 2 saturated carbocycles. The van der Waals surface area contributed by atoms with E-state index in [1.807, 2.05) is 30.3 Å². The number of hydrogen-bond acceptors (Lipinski definition) is 3. The molecule has 1 aromatic rings. The average Bonchev–Trinajstić information content (AvgIpc) is 3.25. The van der Waals surface area contributed by atoms with Gasteiger partial charge in [-0.2, -0.15) is 0 Å². The maximum atomic E-state index is 12.9. The minimum atomic E-state index is -0.786. The third-order valence-electron chi connectivity index (χ3n) is 6.10. The Morgan fingerprint density at radius 3 is 2.19 bits per heavy atom. The van der Waals surface area contributed by atoms with Crippen molar-refractivity contribution < 1.29 is 14.4 Å². The van der Waals surface area contributed by atoms with Gasteiger partial charge in [-0.3, -0.25) is 19.3 Å². The predicted molar refractivity (Wildman–Crippen MR) is 104 cm³/mol. The van der Waals surface area contributed by atoms with Crippen molar-refractivity contribution in [1.29, 1.82) is 0 Å². The first-order valence-electron chi connectivity index (χ1n) is 8.88. The second-order valence-corrected chi connectivity index (χ2v) is 9.54. The molecule has 4 rings (SSSR count). The molecule has 3 fully saturated rings. The molecule has 138 valence electrons. The van der Waals surface area contributed by atoms with Crippen molar-refractivity contribution >= 4 is 49.6 Å². The lowest BCUT2D eigenvalue weighted by Gasteiger charge is -2.28. The maximum absolute atomic E-state index is 12.9. The van der Waals surface area contributed by atoms with Gasteiger partial charge in [-0.15, -0.1) is 0 Å². The molecule has 0 unspecified atom stereocenters. The monoisotopic (exact) mass is 482 g/mol. The first kappa shape index (κ1) is 18.2. The smallest absolute Gasteiger partial charge is 0.243 e. The van der Waals surface area contributed by atoms with Crippen LogP contribution < -0.4 is 5.32 Å². The standard InChI is InChI=1S/C19H20Br2N2O3/c1-9(17(24)22-8-10-5-3-2-4-6-10)23-18(25)13-11-7-12(14(13)19(23)26)16(21)15(11)20/h2-6,9,11-16H,7-8H2,1H3,(H,22,24)/t9-,11+,12+,13+,14+,15-,16+/m1/s1. The molecule has 26 heavy (non-hydrogen) atoms. The van der Waals surface area contributed by atoms with Gasteiger partial charge in [0.25, 0.3) is 0 Å². The van der Waals surface area contributed by atoms with Crippen LogP contribution in [0.3, 0.4) is 0 Å². The third-order valence-corrected chi connectivity index (χ3v) is 9.30. The maximum Gasteiger partial charge on any atom is 0.243 e. The summed E-state index contributed by atoms with van der Waals surface area (Å²) in [4.78, 5) is 40.1. The molecule has 1 aromatic carbocycles. The normalized spacial score (nSPS) is 36.3.